The molecule has 1 atom stereocenters. The Hall–Kier alpha value is -2.04. The topological polar surface area (TPSA) is 20.2 Å². The van der Waals surface area contributed by atoms with Crippen molar-refractivity contribution in [1.29, 1.82) is 0 Å². The van der Waals surface area contributed by atoms with E-state index in [-0.39, 0.29) is 0 Å². The van der Waals surface area contributed by atoms with Gasteiger partial charge >= 0.3 is 0 Å². The van der Waals surface area contributed by atoms with Crippen LogP contribution < -0.4 is 0 Å². The Morgan fingerprint density at radius 2 is 1.35 bits per heavy atom. The molecule has 0 fully saturated rings. The first-order valence-corrected chi connectivity index (χ1v) is 7.09. The van der Waals surface area contributed by atoms with Crippen LogP contribution in [0.25, 0.3) is 0 Å². The number of aliphatic hydroxyl groups is 1. The summed E-state index contributed by atoms with van der Waals surface area (Å²) in [5.41, 5.74) is 2.54. The fraction of sp³-hybridized carbons (Fsp3) is 0.263. The molecule has 0 heterocycles. The lowest BCUT2D eigenvalue weighted by atomic mass is 10.1. The van der Waals surface area contributed by atoms with Gasteiger partial charge in [0.15, 0.2) is 0 Å². The van der Waals surface area contributed by atoms with Crippen LogP contribution >= 0.6 is 0 Å². The van der Waals surface area contributed by atoms with Crippen molar-refractivity contribution in [3.8, 4) is 11.8 Å². The number of hydrogen-bond acceptors (Lipinski definition) is 1. The summed E-state index contributed by atoms with van der Waals surface area (Å²) in [6.07, 6.45) is 2.79. The third kappa shape index (κ3) is 5.30. The van der Waals surface area contributed by atoms with E-state index in [4.69, 9.17) is 0 Å². The Morgan fingerprint density at radius 3 is 1.95 bits per heavy atom. The lowest BCUT2D eigenvalue weighted by Crippen LogP contribution is -2.04. The Balaban J connectivity index is 1.70. The van der Waals surface area contributed by atoms with Gasteiger partial charge in [-0.15, -0.1) is 5.92 Å². The molecule has 1 heteroatoms. The lowest BCUT2D eigenvalue weighted by molar-refractivity contribution is 0.222. The van der Waals surface area contributed by atoms with Crippen LogP contribution in [0.2, 0.25) is 0 Å². The molecule has 0 aliphatic heterocycles. The highest BCUT2D eigenvalue weighted by atomic mass is 16.3. The third-order valence-electron chi connectivity index (χ3n) is 3.20. The van der Waals surface area contributed by atoms with Crippen LogP contribution in [0.15, 0.2) is 60.7 Å². The summed E-state index contributed by atoms with van der Waals surface area (Å²) in [6, 6.07) is 20.5. The van der Waals surface area contributed by atoms with Crippen LogP contribution in [0, 0.1) is 11.8 Å². The molecule has 1 unspecified atom stereocenters. The van der Waals surface area contributed by atoms with Gasteiger partial charge in [-0.2, -0.15) is 0 Å². The molecule has 0 saturated carbocycles. The second kappa shape index (κ2) is 8.19. The van der Waals surface area contributed by atoms with Crippen molar-refractivity contribution in [3.05, 3.63) is 71.8 Å². The number of benzene rings is 2. The molecular formula is C19H20O. The van der Waals surface area contributed by atoms with E-state index in [9.17, 15) is 5.11 Å². The van der Waals surface area contributed by atoms with Gasteiger partial charge in [-0.25, -0.2) is 0 Å². The first-order valence-electron chi connectivity index (χ1n) is 7.09. The van der Waals surface area contributed by atoms with E-state index in [1.807, 2.05) is 36.4 Å². The molecule has 2 aromatic rings. The van der Waals surface area contributed by atoms with E-state index in [0.29, 0.717) is 6.42 Å². The largest absolute Gasteiger partial charge is 0.380 e. The van der Waals surface area contributed by atoms with Crippen LogP contribution in [0.3, 0.4) is 0 Å². The van der Waals surface area contributed by atoms with Crippen molar-refractivity contribution in [2.75, 3.05) is 0 Å². The number of aryl methyl sites for hydroxylation is 2. The van der Waals surface area contributed by atoms with Crippen molar-refractivity contribution in [2.24, 2.45) is 0 Å². The summed E-state index contributed by atoms with van der Waals surface area (Å²) in [4.78, 5) is 0. The Kier molecular flexibility index (Phi) is 5.89. The minimum absolute atomic E-state index is 0.522. The van der Waals surface area contributed by atoms with Crippen LogP contribution in [-0.2, 0) is 12.8 Å². The summed E-state index contributed by atoms with van der Waals surface area (Å²) in [6.45, 7) is 0. The van der Waals surface area contributed by atoms with Gasteiger partial charge in [-0.05, 0) is 30.4 Å². The second-order valence-corrected chi connectivity index (χ2v) is 4.85. The standard InChI is InChI=1S/C19H20O/c20-19(16-15-18-11-5-2-6-12-18)14-8-7-13-17-9-3-1-4-10-17/h1-6,9-12,19-20H,7,13,15-16H2. The van der Waals surface area contributed by atoms with E-state index in [2.05, 4.69) is 36.1 Å². The van der Waals surface area contributed by atoms with Gasteiger partial charge in [0, 0.05) is 6.42 Å². The van der Waals surface area contributed by atoms with Crippen molar-refractivity contribution >= 4 is 0 Å². The number of aliphatic hydroxyl groups excluding tert-OH is 1. The van der Waals surface area contributed by atoms with Gasteiger partial charge < -0.3 is 5.11 Å². The van der Waals surface area contributed by atoms with Gasteiger partial charge in [0.25, 0.3) is 0 Å². The molecule has 0 amide bonds. The summed E-state index contributed by atoms with van der Waals surface area (Å²) in [5.74, 6) is 6.00. The van der Waals surface area contributed by atoms with Crippen molar-refractivity contribution in [1.82, 2.24) is 0 Å². The first kappa shape index (κ1) is 14.4. The summed E-state index contributed by atoms with van der Waals surface area (Å²) in [5, 5.41) is 9.83. The number of hydrogen-bond donors (Lipinski definition) is 1. The predicted octanol–water partition coefficient (Wildman–Crippen LogP) is 3.62. The molecule has 1 N–H and O–H groups in total. The minimum atomic E-state index is -0.522. The van der Waals surface area contributed by atoms with Crippen LogP contribution in [-0.4, -0.2) is 11.2 Å². The number of rotatable bonds is 5. The molecule has 0 aromatic heterocycles. The van der Waals surface area contributed by atoms with E-state index in [1.54, 1.807) is 0 Å². The summed E-state index contributed by atoms with van der Waals surface area (Å²) >= 11 is 0. The molecule has 0 aliphatic rings. The highest BCUT2D eigenvalue weighted by Gasteiger charge is 1.99. The maximum atomic E-state index is 9.83. The molecule has 0 spiro atoms. The first-order chi connectivity index (χ1) is 9.84. The zero-order chi connectivity index (χ0) is 14.0. The monoisotopic (exact) mass is 264 g/mol. The normalized spacial score (nSPS) is 11.4. The lowest BCUT2D eigenvalue weighted by Gasteiger charge is -2.03. The van der Waals surface area contributed by atoms with Crippen molar-refractivity contribution < 1.29 is 5.11 Å². The Bertz CT molecular complexity index is 549. The van der Waals surface area contributed by atoms with Gasteiger partial charge in [0.2, 0.25) is 0 Å². The SMILES string of the molecule is OC(C#CCCc1ccccc1)CCc1ccccc1. The van der Waals surface area contributed by atoms with Crippen LogP contribution in [0.5, 0.6) is 0 Å². The fourth-order valence-electron chi connectivity index (χ4n) is 2.06. The average Bonchev–Trinajstić information content (AvgIpc) is 2.52. The van der Waals surface area contributed by atoms with Gasteiger partial charge in [0.05, 0.1) is 0 Å². The van der Waals surface area contributed by atoms with Gasteiger partial charge in [0.1, 0.15) is 6.10 Å². The molecule has 2 aromatic carbocycles. The maximum Gasteiger partial charge on any atom is 0.115 e. The fourth-order valence-corrected chi connectivity index (χ4v) is 2.06. The minimum Gasteiger partial charge on any atom is -0.380 e. The molecule has 2 rings (SSSR count). The zero-order valence-electron chi connectivity index (χ0n) is 11.6. The van der Waals surface area contributed by atoms with Crippen LogP contribution in [0.1, 0.15) is 24.0 Å². The van der Waals surface area contributed by atoms with E-state index in [0.717, 1.165) is 19.3 Å². The molecule has 0 radical (unpaired) electrons. The van der Waals surface area contributed by atoms with Crippen molar-refractivity contribution in [2.45, 2.75) is 31.8 Å². The predicted molar refractivity (Wildman–Crippen MR) is 83.3 cm³/mol. The highest BCUT2D eigenvalue weighted by Crippen LogP contribution is 2.05. The second-order valence-electron chi connectivity index (χ2n) is 4.85. The average molecular weight is 264 g/mol. The highest BCUT2D eigenvalue weighted by molar-refractivity contribution is 5.18. The van der Waals surface area contributed by atoms with Crippen LogP contribution in [0.4, 0.5) is 0 Å². The van der Waals surface area contributed by atoms with E-state index in [1.165, 1.54) is 11.1 Å². The molecule has 0 bridgehead atoms. The quantitative estimate of drug-likeness (QED) is 0.818. The molecule has 1 nitrogen and oxygen atoms in total. The summed E-state index contributed by atoms with van der Waals surface area (Å²) < 4.78 is 0. The molecule has 0 aliphatic carbocycles. The van der Waals surface area contributed by atoms with Gasteiger partial charge in [-0.1, -0.05) is 66.6 Å². The smallest absolute Gasteiger partial charge is 0.115 e. The van der Waals surface area contributed by atoms with E-state index < -0.39 is 6.10 Å². The Labute approximate surface area is 121 Å². The molecule has 0 saturated heterocycles. The maximum absolute atomic E-state index is 9.83. The molecular weight excluding hydrogens is 244 g/mol. The van der Waals surface area contributed by atoms with Crippen molar-refractivity contribution in [3.63, 3.8) is 0 Å². The third-order valence-corrected chi connectivity index (χ3v) is 3.20. The zero-order valence-corrected chi connectivity index (χ0v) is 11.6. The van der Waals surface area contributed by atoms with Gasteiger partial charge in [-0.3, -0.25) is 0 Å². The molecule has 102 valence electrons. The Morgan fingerprint density at radius 1 is 0.800 bits per heavy atom. The molecule has 20 heavy (non-hydrogen) atoms. The van der Waals surface area contributed by atoms with E-state index >= 15 is 0 Å². The summed E-state index contributed by atoms with van der Waals surface area (Å²) in [7, 11) is 0.